The zero-order valence-electron chi connectivity index (χ0n) is 10.6. The topological polar surface area (TPSA) is 42.0 Å². The predicted molar refractivity (Wildman–Crippen MR) is 65.9 cm³/mol. The van der Waals surface area contributed by atoms with Crippen LogP contribution in [-0.4, -0.2) is 16.4 Å². The van der Waals surface area contributed by atoms with E-state index in [2.05, 4.69) is 10.3 Å². The Morgan fingerprint density at radius 1 is 1.33 bits per heavy atom. The lowest BCUT2D eigenvalue weighted by Gasteiger charge is -2.21. The van der Waals surface area contributed by atoms with E-state index >= 15 is 0 Å². The van der Waals surface area contributed by atoms with Crippen LogP contribution in [0.25, 0.3) is 0 Å². The van der Waals surface area contributed by atoms with E-state index in [1.165, 1.54) is 6.07 Å². The smallest absolute Gasteiger partial charge is 0.346 e. The van der Waals surface area contributed by atoms with E-state index in [1.807, 2.05) is 0 Å². The van der Waals surface area contributed by atoms with Crippen molar-refractivity contribution in [1.29, 1.82) is 0 Å². The molecular weight excluding hydrogens is 262 g/mol. The molecule has 0 aliphatic heterocycles. The van der Waals surface area contributed by atoms with Gasteiger partial charge in [0.15, 0.2) is 0 Å². The highest BCUT2D eigenvalue weighted by Crippen LogP contribution is 2.31. The Hall–Kier alpha value is -1.23. The quantitative estimate of drug-likeness (QED) is 0.843. The largest absolute Gasteiger partial charge is 0.364 e. The Kier molecular flexibility index (Phi) is 3.96. The summed E-state index contributed by atoms with van der Waals surface area (Å²) in [5, 5.41) is -0.913. The third kappa shape index (κ3) is 3.91. The van der Waals surface area contributed by atoms with Crippen LogP contribution >= 0.6 is 11.6 Å². The fourth-order valence-electron chi connectivity index (χ4n) is 1.32. The highest BCUT2D eigenvalue weighted by atomic mass is 35.5. The van der Waals surface area contributed by atoms with E-state index in [4.69, 9.17) is 11.6 Å². The van der Waals surface area contributed by atoms with Crippen molar-refractivity contribution in [3.05, 3.63) is 29.1 Å². The Morgan fingerprint density at radius 2 is 1.89 bits per heavy atom. The van der Waals surface area contributed by atoms with Gasteiger partial charge in [0.1, 0.15) is 11.4 Å². The number of alkyl halides is 3. The van der Waals surface area contributed by atoms with Crippen molar-refractivity contribution in [1.82, 2.24) is 10.3 Å². The molecule has 100 valence electrons. The van der Waals surface area contributed by atoms with Crippen LogP contribution in [0.4, 0.5) is 8.78 Å². The number of amides is 1. The van der Waals surface area contributed by atoms with Crippen LogP contribution < -0.4 is 5.32 Å². The third-order valence-electron chi connectivity index (χ3n) is 2.09. The fraction of sp³-hybridized carbons (Fsp3) is 0.500. The van der Waals surface area contributed by atoms with Crippen molar-refractivity contribution >= 4 is 17.5 Å². The van der Waals surface area contributed by atoms with Crippen LogP contribution in [0, 0.1) is 6.92 Å². The van der Waals surface area contributed by atoms with Crippen molar-refractivity contribution in [3.8, 4) is 0 Å². The average Bonchev–Trinajstić information content (AvgIpc) is 2.13. The average molecular weight is 277 g/mol. The summed E-state index contributed by atoms with van der Waals surface area (Å²) in [4.78, 5) is 15.5. The number of hydrogen-bond donors (Lipinski definition) is 1. The summed E-state index contributed by atoms with van der Waals surface area (Å²) in [6.45, 7) is 7.00. The molecule has 1 N–H and O–H groups in total. The van der Waals surface area contributed by atoms with Crippen molar-refractivity contribution in [2.75, 3.05) is 0 Å². The number of aryl methyl sites for hydroxylation is 1. The van der Waals surface area contributed by atoms with Gasteiger partial charge in [0, 0.05) is 5.54 Å². The van der Waals surface area contributed by atoms with Crippen LogP contribution in [0.1, 0.15) is 42.5 Å². The number of halogens is 3. The first kappa shape index (κ1) is 14.8. The molecule has 0 radical (unpaired) electrons. The number of pyridine rings is 1. The first-order valence-electron chi connectivity index (χ1n) is 5.38. The Labute approximate surface area is 110 Å². The van der Waals surface area contributed by atoms with Gasteiger partial charge in [-0.05, 0) is 50.9 Å². The second-order valence-corrected chi connectivity index (χ2v) is 5.54. The summed E-state index contributed by atoms with van der Waals surface area (Å²) in [7, 11) is 0. The molecule has 6 heteroatoms. The van der Waals surface area contributed by atoms with Crippen molar-refractivity contribution < 1.29 is 13.6 Å². The van der Waals surface area contributed by atoms with E-state index < -0.39 is 22.5 Å². The number of aromatic nitrogens is 1. The molecule has 0 saturated heterocycles. The number of nitrogens with zero attached hydrogens (tertiary/aromatic N) is 1. The highest BCUT2D eigenvalue weighted by Gasteiger charge is 2.31. The molecule has 18 heavy (non-hydrogen) atoms. The van der Waals surface area contributed by atoms with Crippen molar-refractivity contribution in [2.45, 2.75) is 38.6 Å². The molecule has 0 aliphatic rings. The van der Waals surface area contributed by atoms with E-state index in [9.17, 15) is 13.6 Å². The Balaban J connectivity index is 3.13. The second-order valence-electron chi connectivity index (χ2n) is 5.06. The Bertz CT molecular complexity index is 464. The summed E-state index contributed by atoms with van der Waals surface area (Å²) in [5.74, 6) is -0.497. The molecule has 0 atom stereocenters. The van der Waals surface area contributed by atoms with Crippen molar-refractivity contribution in [3.63, 3.8) is 0 Å². The molecule has 0 saturated carbocycles. The summed E-state index contributed by atoms with van der Waals surface area (Å²) in [6, 6.07) is 2.51. The van der Waals surface area contributed by atoms with Gasteiger partial charge in [-0.15, -0.1) is 0 Å². The molecule has 0 spiro atoms. The van der Waals surface area contributed by atoms with E-state index in [1.54, 1.807) is 27.7 Å². The molecule has 0 unspecified atom stereocenters. The molecule has 1 rings (SSSR count). The minimum Gasteiger partial charge on any atom is -0.346 e. The van der Waals surface area contributed by atoms with Gasteiger partial charge in [-0.25, -0.2) is 4.98 Å². The number of carbonyl (C=O) groups is 1. The van der Waals surface area contributed by atoms with Gasteiger partial charge in [-0.2, -0.15) is 8.78 Å². The number of rotatable bonds is 2. The van der Waals surface area contributed by atoms with Crippen LogP contribution in [0.5, 0.6) is 0 Å². The minimum absolute atomic E-state index is 0.0391. The lowest BCUT2D eigenvalue weighted by molar-refractivity contribution is 0.0872. The molecule has 1 amide bonds. The molecule has 0 aromatic carbocycles. The molecule has 0 bridgehead atoms. The SMILES string of the molecule is Cc1ccc(C(F)(F)Cl)nc1C(=O)NC(C)(C)C. The number of carbonyl (C=O) groups excluding carboxylic acids is 1. The van der Waals surface area contributed by atoms with E-state index in [0.717, 1.165) is 6.07 Å². The maximum absolute atomic E-state index is 12.9. The summed E-state index contributed by atoms with van der Waals surface area (Å²) < 4.78 is 25.9. The molecule has 1 aromatic heterocycles. The van der Waals surface area contributed by atoms with Gasteiger partial charge < -0.3 is 5.32 Å². The van der Waals surface area contributed by atoms with Crippen molar-refractivity contribution in [2.24, 2.45) is 0 Å². The minimum atomic E-state index is -3.58. The maximum Gasteiger partial charge on any atom is 0.364 e. The van der Waals surface area contributed by atoms with Gasteiger partial charge in [0.05, 0.1) is 0 Å². The van der Waals surface area contributed by atoms with Gasteiger partial charge >= 0.3 is 5.38 Å². The summed E-state index contributed by atoms with van der Waals surface area (Å²) in [6.07, 6.45) is 0. The highest BCUT2D eigenvalue weighted by molar-refractivity contribution is 6.21. The lowest BCUT2D eigenvalue weighted by Crippen LogP contribution is -2.41. The van der Waals surface area contributed by atoms with Crippen LogP contribution in [0.2, 0.25) is 0 Å². The zero-order chi connectivity index (χ0) is 14.1. The maximum atomic E-state index is 12.9. The summed E-state index contributed by atoms with van der Waals surface area (Å²) >= 11 is 4.89. The van der Waals surface area contributed by atoms with Crippen LogP contribution in [0.15, 0.2) is 12.1 Å². The normalized spacial score (nSPS) is 12.4. The van der Waals surface area contributed by atoms with E-state index in [-0.39, 0.29) is 5.69 Å². The first-order valence-corrected chi connectivity index (χ1v) is 5.76. The van der Waals surface area contributed by atoms with E-state index in [0.29, 0.717) is 5.56 Å². The third-order valence-corrected chi connectivity index (χ3v) is 2.28. The molecule has 3 nitrogen and oxygen atoms in total. The monoisotopic (exact) mass is 276 g/mol. The van der Waals surface area contributed by atoms with Crippen LogP contribution in [0.3, 0.4) is 0 Å². The second kappa shape index (κ2) is 4.80. The molecule has 0 aliphatic carbocycles. The van der Waals surface area contributed by atoms with Gasteiger partial charge in [-0.3, -0.25) is 4.79 Å². The standard InChI is InChI=1S/C12H15ClF2N2O/c1-7-5-6-8(12(13,14)15)16-9(7)10(18)17-11(2,3)4/h5-6H,1-4H3,(H,17,18). The molecule has 0 fully saturated rings. The Morgan fingerprint density at radius 3 is 2.33 bits per heavy atom. The molecule has 1 aromatic rings. The van der Waals surface area contributed by atoms with Gasteiger partial charge in [-0.1, -0.05) is 6.07 Å². The molecule has 1 heterocycles. The van der Waals surface area contributed by atoms with Gasteiger partial charge in [0.2, 0.25) is 0 Å². The fourth-order valence-corrected chi connectivity index (χ4v) is 1.42. The lowest BCUT2D eigenvalue weighted by atomic mass is 10.1. The summed E-state index contributed by atoms with van der Waals surface area (Å²) in [5.41, 5.74) is -0.622. The number of hydrogen-bond acceptors (Lipinski definition) is 2. The molecular formula is C12H15ClF2N2O. The first-order chi connectivity index (χ1) is 8.00. The predicted octanol–water partition coefficient (Wildman–Crippen LogP) is 3.21. The van der Waals surface area contributed by atoms with Gasteiger partial charge in [0.25, 0.3) is 5.91 Å². The van der Waals surface area contributed by atoms with Crippen LogP contribution in [-0.2, 0) is 5.38 Å². The zero-order valence-corrected chi connectivity index (χ0v) is 11.4. The number of nitrogens with one attached hydrogen (secondary N) is 1.